The SMILES string of the molecule is CC(=O)c1sc(NCC(C)(C)CN(C)C)nc1C(=O)O. The summed E-state index contributed by atoms with van der Waals surface area (Å²) in [6.45, 7) is 7.10. The van der Waals surface area contributed by atoms with E-state index >= 15 is 0 Å². The lowest BCUT2D eigenvalue weighted by Gasteiger charge is -2.28. The number of carboxylic acids is 1. The van der Waals surface area contributed by atoms with Crippen LogP contribution in [0, 0.1) is 5.41 Å². The molecule has 1 aromatic rings. The van der Waals surface area contributed by atoms with Crippen LogP contribution in [-0.4, -0.2) is 53.9 Å². The Morgan fingerprint density at radius 3 is 2.40 bits per heavy atom. The first-order valence-electron chi connectivity index (χ1n) is 6.26. The molecule has 0 atom stereocenters. The van der Waals surface area contributed by atoms with Crippen LogP contribution in [0.25, 0.3) is 0 Å². The fraction of sp³-hybridized carbons (Fsp3) is 0.615. The smallest absolute Gasteiger partial charge is 0.356 e. The van der Waals surface area contributed by atoms with Gasteiger partial charge < -0.3 is 15.3 Å². The van der Waals surface area contributed by atoms with E-state index in [0.717, 1.165) is 17.9 Å². The van der Waals surface area contributed by atoms with E-state index in [9.17, 15) is 9.59 Å². The predicted molar refractivity (Wildman–Crippen MR) is 79.9 cm³/mol. The quantitative estimate of drug-likeness (QED) is 0.750. The maximum absolute atomic E-state index is 11.4. The zero-order chi connectivity index (χ0) is 15.5. The summed E-state index contributed by atoms with van der Waals surface area (Å²) in [5, 5.41) is 12.6. The molecule has 0 aromatic carbocycles. The second-order valence-corrected chi connectivity index (χ2v) is 6.81. The van der Waals surface area contributed by atoms with Gasteiger partial charge in [-0.05, 0) is 19.5 Å². The van der Waals surface area contributed by atoms with Gasteiger partial charge in [-0.3, -0.25) is 4.79 Å². The number of hydrogen-bond acceptors (Lipinski definition) is 6. The maximum atomic E-state index is 11.4. The Bertz CT molecular complexity index is 477. The molecule has 20 heavy (non-hydrogen) atoms. The number of carbonyl (C=O) groups is 2. The van der Waals surface area contributed by atoms with Crippen molar-refractivity contribution in [2.45, 2.75) is 20.8 Å². The summed E-state index contributed by atoms with van der Waals surface area (Å²) in [7, 11) is 4.00. The van der Waals surface area contributed by atoms with Crippen molar-refractivity contribution in [2.24, 2.45) is 5.41 Å². The zero-order valence-corrected chi connectivity index (χ0v) is 13.3. The summed E-state index contributed by atoms with van der Waals surface area (Å²) >= 11 is 1.09. The van der Waals surface area contributed by atoms with Gasteiger partial charge in [0.15, 0.2) is 16.6 Å². The number of Topliss-reactive ketones (excluding diaryl/α,β-unsaturated/α-hetero) is 1. The molecule has 112 valence electrons. The number of carboxylic acid groups (broad SMARTS) is 1. The number of rotatable bonds is 7. The zero-order valence-electron chi connectivity index (χ0n) is 12.5. The first kappa shape index (κ1) is 16.6. The lowest BCUT2D eigenvalue weighted by molar-refractivity contribution is 0.0687. The molecule has 6 nitrogen and oxygen atoms in total. The van der Waals surface area contributed by atoms with Crippen LogP contribution in [-0.2, 0) is 0 Å². The molecule has 0 saturated heterocycles. The first-order chi connectivity index (χ1) is 9.12. The van der Waals surface area contributed by atoms with Crippen LogP contribution in [0.1, 0.15) is 40.9 Å². The molecule has 0 bridgehead atoms. The summed E-state index contributed by atoms with van der Waals surface area (Å²) < 4.78 is 0. The van der Waals surface area contributed by atoms with Crippen LogP contribution in [0.3, 0.4) is 0 Å². The second kappa shape index (κ2) is 6.32. The second-order valence-electron chi connectivity index (χ2n) is 5.81. The number of aromatic carboxylic acids is 1. The molecule has 0 aliphatic rings. The summed E-state index contributed by atoms with van der Waals surface area (Å²) in [4.78, 5) is 28.7. The molecule has 0 aliphatic heterocycles. The van der Waals surface area contributed by atoms with E-state index in [2.05, 4.69) is 29.0 Å². The van der Waals surface area contributed by atoms with Crippen LogP contribution in [0.2, 0.25) is 0 Å². The van der Waals surface area contributed by atoms with E-state index < -0.39 is 5.97 Å². The number of ketones is 1. The number of hydrogen-bond donors (Lipinski definition) is 2. The average molecular weight is 299 g/mol. The third-order valence-corrected chi connectivity index (χ3v) is 3.73. The van der Waals surface area contributed by atoms with Gasteiger partial charge in [0.2, 0.25) is 0 Å². The van der Waals surface area contributed by atoms with Gasteiger partial charge in [-0.2, -0.15) is 0 Å². The molecule has 0 aliphatic carbocycles. The lowest BCUT2D eigenvalue weighted by Crippen LogP contribution is -2.34. The molecule has 1 aromatic heterocycles. The molecule has 7 heteroatoms. The van der Waals surface area contributed by atoms with Gasteiger partial charge >= 0.3 is 5.97 Å². The van der Waals surface area contributed by atoms with Gasteiger partial charge in [0, 0.05) is 20.0 Å². The van der Waals surface area contributed by atoms with E-state index in [-0.39, 0.29) is 21.8 Å². The summed E-state index contributed by atoms with van der Waals surface area (Å²) in [5.74, 6) is -1.45. The van der Waals surface area contributed by atoms with Crippen LogP contribution < -0.4 is 5.32 Å². The Morgan fingerprint density at radius 1 is 1.40 bits per heavy atom. The minimum absolute atomic E-state index is 0.00887. The summed E-state index contributed by atoms with van der Waals surface area (Å²) in [5.41, 5.74) is -0.162. The molecule has 0 fully saturated rings. The standard InChI is InChI=1S/C13H21N3O3S/c1-8(17)10-9(11(18)19)15-12(20-10)14-6-13(2,3)7-16(4)5/h6-7H2,1-5H3,(H,14,15)(H,18,19). The van der Waals surface area contributed by atoms with E-state index in [0.29, 0.717) is 11.7 Å². The minimum atomic E-state index is -1.17. The van der Waals surface area contributed by atoms with Crippen molar-refractivity contribution in [3.8, 4) is 0 Å². The largest absolute Gasteiger partial charge is 0.476 e. The van der Waals surface area contributed by atoms with Crippen molar-refractivity contribution in [3.05, 3.63) is 10.6 Å². The molecule has 1 heterocycles. The summed E-state index contributed by atoms with van der Waals surface area (Å²) in [6, 6.07) is 0. The molecule has 0 saturated carbocycles. The van der Waals surface area contributed by atoms with Crippen molar-refractivity contribution >= 4 is 28.2 Å². The van der Waals surface area contributed by atoms with E-state index in [1.54, 1.807) is 0 Å². The van der Waals surface area contributed by atoms with Crippen molar-refractivity contribution in [3.63, 3.8) is 0 Å². The third-order valence-electron chi connectivity index (χ3n) is 2.61. The highest BCUT2D eigenvalue weighted by atomic mass is 32.1. The molecule has 0 amide bonds. The number of anilines is 1. The van der Waals surface area contributed by atoms with Gasteiger partial charge in [0.25, 0.3) is 0 Å². The van der Waals surface area contributed by atoms with E-state index in [4.69, 9.17) is 5.11 Å². The Morgan fingerprint density at radius 2 is 2.00 bits per heavy atom. The number of thiazole rings is 1. The van der Waals surface area contributed by atoms with E-state index in [1.165, 1.54) is 6.92 Å². The maximum Gasteiger partial charge on any atom is 0.356 e. The van der Waals surface area contributed by atoms with Crippen LogP contribution in [0.5, 0.6) is 0 Å². The van der Waals surface area contributed by atoms with Crippen molar-refractivity contribution < 1.29 is 14.7 Å². The minimum Gasteiger partial charge on any atom is -0.476 e. The molecule has 0 radical (unpaired) electrons. The predicted octanol–water partition coefficient (Wildman–Crippen LogP) is 2.04. The molecule has 1 rings (SSSR count). The van der Waals surface area contributed by atoms with Gasteiger partial charge in [0.1, 0.15) is 4.88 Å². The topological polar surface area (TPSA) is 82.5 Å². The fourth-order valence-electron chi connectivity index (χ4n) is 2.01. The normalized spacial score (nSPS) is 11.7. The van der Waals surface area contributed by atoms with Crippen LogP contribution in [0.4, 0.5) is 5.13 Å². The number of carbonyl (C=O) groups excluding carboxylic acids is 1. The van der Waals surface area contributed by atoms with Crippen LogP contribution in [0.15, 0.2) is 0 Å². The highest BCUT2D eigenvalue weighted by Gasteiger charge is 2.23. The van der Waals surface area contributed by atoms with Crippen molar-refractivity contribution in [1.29, 1.82) is 0 Å². The third kappa shape index (κ3) is 4.57. The lowest BCUT2D eigenvalue weighted by atomic mass is 9.93. The number of nitrogens with one attached hydrogen (secondary N) is 1. The van der Waals surface area contributed by atoms with Crippen LogP contribution >= 0.6 is 11.3 Å². The summed E-state index contributed by atoms with van der Waals surface area (Å²) in [6.07, 6.45) is 0. The monoisotopic (exact) mass is 299 g/mol. The Balaban J connectivity index is 2.81. The van der Waals surface area contributed by atoms with Gasteiger partial charge in [-0.15, -0.1) is 0 Å². The van der Waals surface area contributed by atoms with E-state index in [1.807, 2.05) is 14.1 Å². The Kier molecular flexibility index (Phi) is 5.24. The highest BCUT2D eigenvalue weighted by Crippen LogP contribution is 2.25. The highest BCUT2D eigenvalue weighted by molar-refractivity contribution is 7.17. The molecule has 0 spiro atoms. The van der Waals surface area contributed by atoms with Gasteiger partial charge in [-0.25, -0.2) is 9.78 Å². The molecular formula is C13H21N3O3S. The first-order valence-corrected chi connectivity index (χ1v) is 7.08. The van der Waals surface area contributed by atoms with Crippen molar-refractivity contribution in [2.75, 3.05) is 32.5 Å². The Hall–Kier alpha value is -1.47. The molecule has 0 unspecified atom stereocenters. The van der Waals surface area contributed by atoms with Gasteiger partial charge in [0.05, 0.1) is 0 Å². The average Bonchev–Trinajstić information content (AvgIpc) is 2.69. The fourth-order valence-corrected chi connectivity index (χ4v) is 2.85. The number of aromatic nitrogens is 1. The molecule has 2 N–H and O–H groups in total. The Labute approximate surface area is 122 Å². The molecular weight excluding hydrogens is 278 g/mol. The number of nitrogens with zero attached hydrogens (tertiary/aromatic N) is 2. The van der Waals surface area contributed by atoms with Crippen molar-refractivity contribution in [1.82, 2.24) is 9.88 Å². The van der Waals surface area contributed by atoms with Gasteiger partial charge in [-0.1, -0.05) is 25.2 Å².